The smallest absolute Gasteiger partial charge is 0.243 e. The maximum Gasteiger partial charge on any atom is 0.243 e. The lowest BCUT2D eigenvalue weighted by molar-refractivity contribution is -0.120. The number of hydrogen-bond donors (Lipinski definition) is 1. The molecule has 0 bridgehead atoms. The molecule has 102 valence electrons. The number of likely N-dealkylation sites (N-methyl/N-ethyl adjacent to an activating group) is 1. The van der Waals surface area contributed by atoms with E-state index in [0.29, 0.717) is 5.92 Å². The number of carbonyl (C=O) groups excluding carboxylic acids is 1. The molecule has 18 heavy (non-hydrogen) atoms. The summed E-state index contributed by atoms with van der Waals surface area (Å²) in [7, 11) is 1.80. The van der Waals surface area contributed by atoms with Crippen molar-refractivity contribution in [3.05, 3.63) is 24.0 Å². The minimum atomic E-state index is -0.154. The zero-order valence-corrected chi connectivity index (χ0v) is 12.3. The summed E-state index contributed by atoms with van der Waals surface area (Å²) in [4.78, 5) is 18.0. The van der Waals surface area contributed by atoms with Crippen molar-refractivity contribution in [1.82, 2.24) is 10.3 Å². The third-order valence-electron chi connectivity index (χ3n) is 3.18. The quantitative estimate of drug-likeness (QED) is 0.906. The van der Waals surface area contributed by atoms with E-state index in [-0.39, 0.29) is 36.8 Å². The summed E-state index contributed by atoms with van der Waals surface area (Å²) in [5.74, 6) is 0.507. The van der Waals surface area contributed by atoms with Crippen LogP contribution in [0.15, 0.2) is 18.5 Å². The Morgan fingerprint density at radius 2 is 2.22 bits per heavy atom. The molecule has 0 radical (unpaired) electrons. The largest absolute Gasteiger partial charge is 0.309 e. The van der Waals surface area contributed by atoms with Gasteiger partial charge in [-0.05, 0) is 25.6 Å². The van der Waals surface area contributed by atoms with Gasteiger partial charge in [-0.3, -0.25) is 9.78 Å². The van der Waals surface area contributed by atoms with Crippen molar-refractivity contribution in [3.8, 4) is 0 Å². The number of amides is 1. The number of halogens is 2. The van der Waals surface area contributed by atoms with Gasteiger partial charge >= 0.3 is 0 Å². The molecule has 0 saturated carbocycles. The summed E-state index contributed by atoms with van der Waals surface area (Å²) < 4.78 is 0. The number of aromatic nitrogens is 1. The number of rotatable bonds is 2. The van der Waals surface area contributed by atoms with Gasteiger partial charge in [0.15, 0.2) is 0 Å². The summed E-state index contributed by atoms with van der Waals surface area (Å²) in [5, 5.41) is 2.98. The molecule has 0 fully saturated rings. The molecule has 1 aliphatic heterocycles. The van der Waals surface area contributed by atoms with E-state index in [1.165, 1.54) is 5.56 Å². The Morgan fingerprint density at radius 1 is 1.56 bits per heavy atom. The number of carbonyl (C=O) groups is 1. The average molecular weight is 292 g/mol. The third kappa shape index (κ3) is 2.94. The topological polar surface area (TPSA) is 45.2 Å². The molecule has 0 aromatic carbocycles. The summed E-state index contributed by atoms with van der Waals surface area (Å²) in [5.41, 5.74) is 2.17. The minimum Gasteiger partial charge on any atom is -0.309 e. The first kappa shape index (κ1) is 17.2. The first-order valence-electron chi connectivity index (χ1n) is 5.57. The summed E-state index contributed by atoms with van der Waals surface area (Å²) in [6, 6.07) is 1.84. The van der Waals surface area contributed by atoms with Gasteiger partial charge in [-0.25, -0.2) is 0 Å². The monoisotopic (exact) mass is 291 g/mol. The van der Waals surface area contributed by atoms with Gasteiger partial charge in [-0.2, -0.15) is 0 Å². The average Bonchev–Trinajstić information content (AvgIpc) is 2.65. The van der Waals surface area contributed by atoms with Crippen molar-refractivity contribution in [2.75, 3.05) is 18.5 Å². The highest BCUT2D eigenvalue weighted by Gasteiger charge is 2.31. The molecule has 2 heterocycles. The summed E-state index contributed by atoms with van der Waals surface area (Å²) in [6.45, 7) is 4.77. The standard InChI is InChI=1S/C12H17N3O.2ClH/c1-8-7-15(12(16)9(2)13-3)11-6-14-5-4-10(8)11;;/h4-6,8-9,13H,7H2,1-3H3;2*1H. The van der Waals surface area contributed by atoms with Crippen molar-refractivity contribution in [2.24, 2.45) is 0 Å². The van der Waals surface area contributed by atoms with Crippen LogP contribution in [0, 0.1) is 0 Å². The van der Waals surface area contributed by atoms with Crippen LogP contribution < -0.4 is 10.2 Å². The van der Waals surface area contributed by atoms with Gasteiger partial charge in [0.2, 0.25) is 5.91 Å². The number of pyridine rings is 1. The van der Waals surface area contributed by atoms with Crippen LogP contribution in [0.25, 0.3) is 0 Å². The molecule has 2 rings (SSSR count). The molecule has 0 aliphatic carbocycles. The SMILES string of the molecule is CNC(C)C(=O)N1CC(C)c2ccncc21.Cl.Cl. The number of fused-ring (bicyclic) bond motifs is 1. The zero-order chi connectivity index (χ0) is 11.7. The molecule has 0 saturated heterocycles. The van der Waals surface area contributed by atoms with Gasteiger partial charge in [0, 0.05) is 18.7 Å². The normalized spacial score (nSPS) is 18.4. The molecule has 2 unspecified atom stereocenters. The van der Waals surface area contributed by atoms with E-state index in [0.717, 1.165) is 12.2 Å². The Morgan fingerprint density at radius 3 is 2.83 bits per heavy atom. The first-order chi connectivity index (χ1) is 7.65. The maximum atomic E-state index is 12.1. The van der Waals surface area contributed by atoms with E-state index in [1.54, 1.807) is 19.4 Å². The van der Waals surface area contributed by atoms with Gasteiger partial charge in [0.25, 0.3) is 0 Å². The molecule has 4 nitrogen and oxygen atoms in total. The van der Waals surface area contributed by atoms with Crippen molar-refractivity contribution < 1.29 is 4.79 Å². The van der Waals surface area contributed by atoms with Crippen LogP contribution in [0.4, 0.5) is 5.69 Å². The molecule has 1 amide bonds. The van der Waals surface area contributed by atoms with E-state index in [9.17, 15) is 4.79 Å². The third-order valence-corrected chi connectivity index (χ3v) is 3.18. The van der Waals surface area contributed by atoms with E-state index in [1.807, 2.05) is 17.9 Å². The molecule has 1 aromatic rings. The van der Waals surface area contributed by atoms with Gasteiger partial charge in [-0.15, -0.1) is 24.8 Å². The van der Waals surface area contributed by atoms with Crippen LogP contribution in [0.3, 0.4) is 0 Å². The zero-order valence-electron chi connectivity index (χ0n) is 10.7. The van der Waals surface area contributed by atoms with Crippen LogP contribution in [0.1, 0.15) is 25.3 Å². The molecule has 0 spiro atoms. The lowest BCUT2D eigenvalue weighted by Crippen LogP contribution is -2.43. The Balaban J connectivity index is 0.00000144. The summed E-state index contributed by atoms with van der Waals surface area (Å²) in [6.07, 6.45) is 3.56. The van der Waals surface area contributed by atoms with Crippen LogP contribution in [0.2, 0.25) is 0 Å². The van der Waals surface area contributed by atoms with E-state index < -0.39 is 0 Å². The van der Waals surface area contributed by atoms with Gasteiger partial charge in [-0.1, -0.05) is 6.92 Å². The molecule has 1 aliphatic rings. The van der Waals surface area contributed by atoms with Crippen LogP contribution >= 0.6 is 24.8 Å². The van der Waals surface area contributed by atoms with Crippen LogP contribution in [0.5, 0.6) is 0 Å². The van der Waals surface area contributed by atoms with Gasteiger partial charge in [0.05, 0.1) is 17.9 Å². The highest BCUT2D eigenvalue weighted by molar-refractivity contribution is 5.98. The highest BCUT2D eigenvalue weighted by Crippen LogP contribution is 2.35. The molecule has 6 heteroatoms. The van der Waals surface area contributed by atoms with Crippen molar-refractivity contribution in [1.29, 1.82) is 0 Å². The Hall–Kier alpha value is -0.840. The predicted molar refractivity (Wildman–Crippen MR) is 78.0 cm³/mol. The van der Waals surface area contributed by atoms with Crippen molar-refractivity contribution in [3.63, 3.8) is 0 Å². The van der Waals surface area contributed by atoms with E-state index in [2.05, 4.69) is 17.2 Å². The second-order valence-electron chi connectivity index (χ2n) is 4.29. The first-order valence-corrected chi connectivity index (χ1v) is 5.57. The number of nitrogens with one attached hydrogen (secondary N) is 1. The Labute approximate surface area is 120 Å². The maximum absolute atomic E-state index is 12.1. The molecular weight excluding hydrogens is 273 g/mol. The number of nitrogens with zero attached hydrogens (tertiary/aromatic N) is 2. The molecule has 1 N–H and O–H groups in total. The van der Waals surface area contributed by atoms with Gasteiger partial charge < -0.3 is 10.2 Å². The highest BCUT2D eigenvalue weighted by atomic mass is 35.5. The summed E-state index contributed by atoms with van der Waals surface area (Å²) >= 11 is 0. The molecule has 2 atom stereocenters. The fourth-order valence-corrected chi connectivity index (χ4v) is 2.08. The Bertz CT molecular complexity index is 414. The number of hydrogen-bond acceptors (Lipinski definition) is 3. The second-order valence-corrected chi connectivity index (χ2v) is 4.29. The second kappa shape index (κ2) is 6.92. The molecule has 1 aromatic heterocycles. The number of anilines is 1. The van der Waals surface area contributed by atoms with Gasteiger partial charge in [0.1, 0.15) is 0 Å². The fourth-order valence-electron chi connectivity index (χ4n) is 2.08. The van der Waals surface area contributed by atoms with E-state index >= 15 is 0 Å². The molecular formula is C12H19Cl2N3O. The lowest BCUT2D eigenvalue weighted by Gasteiger charge is -2.21. The fraction of sp³-hybridized carbons (Fsp3) is 0.500. The Kier molecular flexibility index (Phi) is 6.60. The lowest BCUT2D eigenvalue weighted by atomic mass is 10.1. The van der Waals surface area contributed by atoms with Crippen LogP contribution in [-0.2, 0) is 4.79 Å². The van der Waals surface area contributed by atoms with Crippen molar-refractivity contribution >= 4 is 36.4 Å². The van der Waals surface area contributed by atoms with Crippen LogP contribution in [-0.4, -0.2) is 30.5 Å². The van der Waals surface area contributed by atoms with E-state index in [4.69, 9.17) is 0 Å². The predicted octanol–water partition coefficient (Wildman–Crippen LogP) is 1.98. The van der Waals surface area contributed by atoms with Crippen molar-refractivity contribution in [2.45, 2.75) is 25.8 Å². The minimum absolute atomic E-state index is 0.